The number of benzene rings is 2. The third kappa shape index (κ3) is 5.15. The monoisotopic (exact) mass is 364 g/mol. The van der Waals surface area contributed by atoms with E-state index in [1.54, 1.807) is 12.1 Å². The van der Waals surface area contributed by atoms with Crippen LogP contribution in [-0.4, -0.2) is 29.8 Å². The van der Waals surface area contributed by atoms with E-state index >= 15 is 0 Å². The van der Waals surface area contributed by atoms with Crippen molar-refractivity contribution in [1.29, 1.82) is 0 Å². The van der Waals surface area contributed by atoms with Crippen LogP contribution in [0, 0.1) is 6.92 Å². The number of nitrogens with zero attached hydrogens (tertiary/aromatic N) is 2. The summed E-state index contributed by atoms with van der Waals surface area (Å²) < 4.78 is 0. The zero-order valence-corrected chi connectivity index (χ0v) is 14.8. The van der Waals surface area contributed by atoms with Gasteiger partial charge in [0, 0.05) is 11.4 Å². The van der Waals surface area contributed by atoms with Gasteiger partial charge in [0.2, 0.25) is 17.8 Å². The number of hydrogen-bond donors (Lipinski definition) is 4. The molecule has 138 valence electrons. The van der Waals surface area contributed by atoms with Crippen molar-refractivity contribution in [2.75, 3.05) is 10.6 Å². The van der Waals surface area contributed by atoms with Gasteiger partial charge in [-0.05, 0) is 31.2 Å². The fourth-order valence-electron chi connectivity index (χ4n) is 2.46. The van der Waals surface area contributed by atoms with Crippen molar-refractivity contribution in [2.24, 2.45) is 15.7 Å². The second-order valence-corrected chi connectivity index (χ2v) is 6.06. The molecule has 5 N–H and O–H groups in total. The van der Waals surface area contributed by atoms with Crippen LogP contribution < -0.4 is 21.7 Å². The number of rotatable bonds is 4. The summed E-state index contributed by atoms with van der Waals surface area (Å²) >= 11 is 0. The number of aliphatic imine (C=N–C) groups is 2. The quantitative estimate of drug-likeness (QED) is 0.486. The molecule has 0 saturated heterocycles. The molecule has 3 rings (SSSR count). The fraction of sp³-hybridized carbons (Fsp3) is 0.158. The first kappa shape index (κ1) is 18.1. The molecule has 2 aromatic carbocycles. The van der Waals surface area contributed by atoms with Gasteiger partial charge in [-0.15, -0.1) is 0 Å². The molecule has 1 heterocycles. The average Bonchev–Trinajstić information content (AvgIpc) is 2.96. The topological polar surface area (TPSA) is 121 Å². The van der Waals surface area contributed by atoms with Crippen molar-refractivity contribution >= 4 is 35.1 Å². The number of anilines is 2. The predicted octanol–water partition coefficient (Wildman–Crippen LogP) is 1.60. The van der Waals surface area contributed by atoms with Crippen LogP contribution in [0.3, 0.4) is 0 Å². The molecule has 0 spiro atoms. The van der Waals surface area contributed by atoms with E-state index in [0.717, 1.165) is 11.3 Å². The molecule has 0 bridgehead atoms. The molecule has 1 atom stereocenters. The third-order valence-electron chi connectivity index (χ3n) is 3.80. The molecule has 0 aromatic heterocycles. The van der Waals surface area contributed by atoms with Gasteiger partial charge in [-0.2, -0.15) is 4.99 Å². The van der Waals surface area contributed by atoms with Crippen molar-refractivity contribution < 1.29 is 9.59 Å². The van der Waals surface area contributed by atoms with Gasteiger partial charge in [0.25, 0.3) is 5.91 Å². The molecular formula is C19H20N6O2. The van der Waals surface area contributed by atoms with E-state index in [1.165, 1.54) is 0 Å². The highest BCUT2D eigenvalue weighted by Crippen LogP contribution is 2.12. The molecule has 0 unspecified atom stereocenters. The van der Waals surface area contributed by atoms with E-state index in [9.17, 15) is 9.59 Å². The molecule has 8 nitrogen and oxygen atoms in total. The lowest BCUT2D eigenvalue weighted by Crippen LogP contribution is -2.32. The first-order valence-corrected chi connectivity index (χ1v) is 8.41. The summed E-state index contributed by atoms with van der Waals surface area (Å²) in [7, 11) is 0. The minimum Gasteiger partial charge on any atom is -0.369 e. The SMILES string of the molecule is Cc1ccc(NC(=O)C[C@H]2N=C(N=C(N)Nc3ccccc3)NC2=O)cc1. The number of nitrogens with two attached hydrogens (primary N) is 1. The van der Waals surface area contributed by atoms with E-state index in [4.69, 9.17) is 5.73 Å². The maximum Gasteiger partial charge on any atom is 0.252 e. The summed E-state index contributed by atoms with van der Waals surface area (Å²) in [5.41, 5.74) is 8.34. The van der Waals surface area contributed by atoms with Crippen LogP contribution in [0.15, 0.2) is 64.6 Å². The van der Waals surface area contributed by atoms with Crippen molar-refractivity contribution in [3.05, 3.63) is 60.2 Å². The number of carbonyl (C=O) groups excluding carboxylic acids is 2. The minimum atomic E-state index is -0.835. The minimum absolute atomic E-state index is 0.0778. The zero-order chi connectivity index (χ0) is 19.2. The van der Waals surface area contributed by atoms with E-state index < -0.39 is 6.04 Å². The normalized spacial score (nSPS) is 16.5. The molecule has 0 fully saturated rings. The van der Waals surface area contributed by atoms with Gasteiger partial charge < -0.3 is 16.4 Å². The van der Waals surface area contributed by atoms with Crippen LogP contribution in [0.5, 0.6) is 0 Å². The van der Waals surface area contributed by atoms with E-state index in [-0.39, 0.29) is 30.2 Å². The van der Waals surface area contributed by atoms with Crippen molar-refractivity contribution in [3.63, 3.8) is 0 Å². The maximum atomic E-state index is 12.1. The molecule has 2 amide bonds. The summed E-state index contributed by atoms with van der Waals surface area (Å²) in [6.45, 7) is 1.96. The van der Waals surface area contributed by atoms with Crippen molar-refractivity contribution in [2.45, 2.75) is 19.4 Å². The first-order valence-electron chi connectivity index (χ1n) is 8.41. The average molecular weight is 364 g/mol. The lowest BCUT2D eigenvalue weighted by Gasteiger charge is -2.07. The number of para-hydroxylation sites is 1. The van der Waals surface area contributed by atoms with Crippen LogP contribution in [-0.2, 0) is 9.59 Å². The molecule has 0 radical (unpaired) electrons. The highest BCUT2D eigenvalue weighted by molar-refractivity contribution is 6.11. The van der Waals surface area contributed by atoms with Gasteiger partial charge in [-0.3, -0.25) is 14.9 Å². The van der Waals surface area contributed by atoms with Gasteiger partial charge >= 0.3 is 0 Å². The summed E-state index contributed by atoms with van der Waals surface area (Å²) in [4.78, 5) is 32.3. The van der Waals surface area contributed by atoms with Crippen molar-refractivity contribution in [3.8, 4) is 0 Å². The maximum absolute atomic E-state index is 12.1. The highest BCUT2D eigenvalue weighted by Gasteiger charge is 2.28. The second-order valence-electron chi connectivity index (χ2n) is 6.06. The Morgan fingerprint density at radius 1 is 1.11 bits per heavy atom. The lowest BCUT2D eigenvalue weighted by atomic mass is 10.2. The number of guanidine groups is 2. The number of hydrogen-bond acceptors (Lipinski definition) is 4. The summed E-state index contributed by atoms with van der Waals surface area (Å²) in [6.07, 6.45) is -0.0786. The largest absolute Gasteiger partial charge is 0.369 e. The van der Waals surface area contributed by atoms with E-state index in [0.29, 0.717) is 5.69 Å². The third-order valence-corrected chi connectivity index (χ3v) is 3.80. The Morgan fingerprint density at radius 3 is 2.48 bits per heavy atom. The second kappa shape index (κ2) is 8.13. The molecule has 1 aliphatic heterocycles. The fourth-order valence-corrected chi connectivity index (χ4v) is 2.46. The summed E-state index contributed by atoms with van der Waals surface area (Å²) in [5.74, 6) is -0.525. The van der Waals surface area contributed by atoms with E-state index in [1.807, 2.05) is 49.4 Å². The Hall–Kier alpha value is -3.68. The van der Waals surface area contributed by atoms with Crippen LogP contribution in [0.25, 0.3) is 0 Å². The van der Waals surface area contributed by atoms with Crippen LogP contribution in [0.4, 0.5) is 11.4 Å². The Bertz CT molecular complexity index is 890. The van der Waals surface area contributed by atoms with E-state index in [2.05, 4.69) is 25.9 Å². The first-order chi connectivity index (χ1) is 13.0. The van der Waals surface area contributed by atoms with Gasteiger partial charge in [0.15, 0.2) is 0 Å². The number of carbonyl (C=O) groups is 2. The summed E-state index contributed by atoms with van der Waals surface area (Å²) in [5, 5.41) is 8.16. The standard InChI is InChI=1S/C19H20N6O2/c1-12-7-9-14(10-8-12)21-16(26)11-15-17(27)24-19(23-15)25-18(20)22-13-5-3-2-4-6-13/h2-10,15H,11H2,1H3,(H,21,26)(H4,20,22,23,24,25,27)/t15-/m1/s1. The smallest absolute Gasteiger partial charge is 0.252 e. The molecular weight excluding hydrogens is 344 g/mol. The van der Waals surface area contributed by atoms with Gasteiger partial charge in [0.1, 0.15) is 6.04 Å². The molecule has 0 saturated carbocycles. The lowest BCUT2D eigenvalue weighted by molar-refractivity contribution is -0.123. The molecule has 27 heavy (non-hydrogen) atoms. The van der Waals surface area contributed by atoms with Crippen LogP contribution >= 0.6 is 0 Å². The Kier molecular flexibility index (Phi) is 5.46. The van der Waals surface area contributed by atoms with Gasteiger partial charge in [-0.1, -0.05) is 35.9 Å². The summed E-state index contributed by atoms with van der Waals surface area (Å²) in [6, 6.07) is 15.8. The van der Waals surface area contributed by atoms with Gasteiger partial charge in [0.05, 0.1) is 6.42 Å². The van der Waals surface area contributed by atoms with Crippen LogP contribution in [0.2, 0.25) is 0 Å². The number of nitrogens with one attached hydrogen (secondary N) is 3. The number of aryl methyl sites for hydroxylation is 1. The highest BCUT2D eigenvalue weighted by atomic mass is 16.2. The van der Waals surface area contributed by atoms with Crippen LogP contribution in [0.1, 0.15) is 12.0 Å². The Labute approximate surface area is 156 Å². The Morgan fingerprint density at radius 2 is 1.78 bits per heavy atom. The molecule has 0 aliphatic carbocycles. The van der Waals surface area contributed by atoms with Crippen molar-refractivity contribution in [1.82, 2.24) is 5.32 Å². The molecule has 2 aromatic rings. The van der Waals surface area contributed by atoms with Gasteiger partial charge in [-0.25, -0.2) is 4.99 Å². The number of amides is 2. The molecule has 8 heteroatoms. The molecule has 1 aliphatic rings. The zero-order valence-electron chi connectivity index (χ0n) is 14.8. The predicted molar refractivity (Wildman–Crippen MR) is 105 cm³/mol. The Balaban J connectivity index is 1.59.